The number of aryl methyl sites for hydroxylation is 1. The fraction of sp³-hybridized carbons (Fsp3) is 0.571. The lowest BCUT2D eigenvalue weighted by atomic mass is 9.94. The molecule has 1 aliphatic rings. The van der Waals surface area contributed by atoms with E-state index in [0.29, 0.717) is 13.1 Å². The molecule has 1 aliphatic heterocycles. The van der Waals surface area contributed by atoms with Gasteiger partial charge in [-0.05, 0) is 6.92 Å². The van der Waals surface area contributed by atoms with Gasteiger partial charge in [-0.15, -0.1) is 11.3 Å². The van der Waals surface area contributed by atoms with E-state index in [4.69, 9.17) is 0 Å². The van der Waals surface area contributed by atoms with Crippen molar-refractivity contribution in [2.75, 3.05) is 13.1 Å². The van der Waals surface area contributed by atoms with Gasteiger partial charge in [0.2, 0.25) is 0 Å². The highest BCUT2D eigenvalue weighted by Gasteiger charge is 2.38. The average molecular weight is 170 g/mol. The molecule has 2 rings (SSSR count). The molecule has 3 nitrogen and oxygen atoms in total. The lowest BCUT2D eigenvalue weighted by Crippen LogP contribution is -2.56. The van der Waals surface area contributed by atoms with E-state index in [-0.39, 0.29) is 0 Å². The van der Waals surface area contributed by atoms with Crippen LogP contribution in [0.1, 0.15) is 10.6 Å². The summed E-state index contributed by atoms with van der Waals surface area (Å²) in [5.74, 6) is 0. The number of thiazole rings is 1. The molecule has 0 amide bonds. The zero-order valence-electron chi connectivity index (χ0n) is 6.29. The highest BCUT2D eigenvalue weighted by atomic mass is 32.1. The molecule has 11 heavy (non-hydrogen) atoms. The highest BCUT2D eigenvalue weighted by Crippen LogP contribution is 2.30. The first-order chi connectivity index (χ1) is 5.22. The first-order valence-electron chi connectivity index (χ1n) is 3.56. The van der Waals surface area contributed by atoms with Gasteiger partial charge in [-0.1, -0.05) is 0 Å². The molecule has 4 heteroatoms. The van der Waals surface area contributed by atoms with Crippen LogP contribution in [0.25, 0.3) is 0 Å². The van der Waals surface area contributed by atoms with E-state index < -0.39 is 5.60 Å². The van der Waals surface area contributed by atoms with Crippen molar-refractivity contribution in [1.29, 1.82) is 0 Å². The van der Waals surface area contributed by atoms with Crippen molar-refractivity contribution in [2.24, 2.45) is 0 Å². The van der Waals surface area contributed by atoms with Gasteiger partial charge in [0, 0.05) is 13.1 Å². The molecule has 1 aromatic rings. The Morgan fingerprint density at radius 3 is 2.82 bits per heavy atom. The fourth-order valence-electron chi connectivity index (χ4n) is 1.27. The van der Waals surface area contributed by atoms with Gasteiger partial charge in [0.25, 0.3) is 0 Å². The van der Waals surface area contributed by atoms with Crippen LogP contribution in [0.5, 0.6) is 0 Å². The van der Waals surface area contributed by atoms with E-state index in [1.807, 2.05) is 6.92 Å². The lowest BCUT2D eigenvalue weighted by molar-refractivity contribution is -0.0119. The van der Waals surface area contributed by atoms with Crippen LogP contribution in [-0.2, 0) is 5.60 Å². The van der Waals surface area contributed by atoms with Gasteiger partial charge in [-0.3, -0.25) is 0 Å². The molecular formula is C7H10N2OS. The van der Waals surface area contributed by atoms with E-state index in [1.54, 1.807) is 5.51 Å². The minimum Gasteiger partial charge on any atom is -0.382 e. The number of nitrogens with one attached hydrogen (secondary N) is 1. The largest absolute Gasteiger partial charge is 0.382 e. The molecule has 1 saturated heterocycles. The van der Waals surface area contributed by atoms with Crippen molar-refractivity contribution in [3.05, 3.63) is 16.1 Å². The van der Waals surface area contributed by atoms with Crippen LogP contribution < -0.4 is 5.32 Å². The molecule has 0 bridgehead atoms. The summed E-state index contributed by atoms with van der Waals surface area (Å²) in [4.78, 5) is 5.11. The second kappa shape index (κ2) is 2.27. The average Bonchev–Trinajstić information content (AvgIpc) is 2.30. The topological polar surface area (TPSA) is 45.2 Å². The maximum absolute atomic E-state index is 9.86. The van der Waals surface area contributed by atoms with E-state index in [1.165, 1.54) is 11.3 Å². The molecule has 1 fully saturated rings. The molecule has 1 aromatic heterocycles. The molecule has 2 heterocycles. The normalized spacial score (nSPS) is 21.3. The minimum absolute atomic E-state index is 0.620. The first-order valence-corrected chi connectivity index (χ1v) is 4.44. The Kier molecular flexibility index (Phi) is 1.49. The van der Waals surface area contributed by atoms with Crippen LogP contribution in [0.4, 0.5) is 0 Å². The van der Waals surface area contributed by atoms with Gasteiger partial charge in [-0.2, -0.15) is 0 Å². The summed E-state index contributed by atoms with van der Waals surface area (Å²) in [6.45, 7) is 3.26. The van der Waals surface area contributed by atoms with Crippen LogP contribution in [-0.4, -0.2) is 23.2 Å². The monoisotopic (exact) mass is 170 g/mol. The maximum atomic E-state index is 9.86. The molecule has 0 aromatic carbocycles. The van der Waals surface area contributed by atoms with Gasteiger partial charge in [-0.25, -0.2) is 4.98 Å². The molecule has 0 atom stereocenters. The van der Waals surface area contributed by atoms with Crippen molar-refractivity contribution in [3.63, 3.8) is 0 Å². The van der Waals surface area contributed by atoms with Gasteiger partial charge < -0.3 is 10.4 Å². The third kappa shape index (κ3) is 0.982. The quantitative estimate of drug-likeness (QED) is 0.634. The van der Waals surface area contributed by atoms with Gasteiger partial charge in [0.15, 0.2) is 0 Å². The number of hydrogen-bond donors (Lipinski definition) is 2. The summed E-state index contributed by atoms with van der Waals surface area (Å²) in [5.41, 5.74) is 2.12. The van der Waals surface area contributed by atoms with E-state index in [0.717, 1.165) is 10.6 Å². The molecule has 60 valence electrons. The Bertz CT molecular complexity index is 267. The number of β-amino-alcohol motifs (C(OH)–C–C–N with tert-alkyl or cyclic N) is 1. The molecule has 2 N–H and O–H groups in total. The molecule has 0 spiro atoms. The number of hydrogen-bond acceptors (Lipinski definition) is 4. The lowest BCUT2D eigenvalue weighted by Gasteiger charge is -2.36. The second-order valence-electron chi connectivity index (χ2n) is 2.90. The second-order valence-corrected chi connectivity index (χ2v) is 3.76. The van der Waals surface area contributed by atoms with Crippen molar-refractivity contribution in [3.8, 4) is 0 Å². The van der Waals surface area contributed by atoms with Crippen LogP contribution in [0.2, 0.25) is 0 Å². The maximum Gasteiger partial charge on any atom is 0.125 e. The fourth-order valence-corrected chi connectivity index (χ4v) is 2.17. The summed E-state index contributed by atoms with van der Waals surface area (Å²) < 4.78 is 0. The SMILES string of the molecule is Cc1ncsc1C1(O)CNC1. The van der Waals surface area contributed by atoms with E-state index in [9.17, 15) is 5.11 Å². The number of rotatable bonds is 1. The first kappa shape index (κ1) is 7.21. The Hall–Kier alpha value is -0.450. The summed E-state index contributed by atoms with van der Waals surface area (Å²) in [6.07, 6.45) is 0. The predicted octanol–water partition coefficient (Wildman–Crippen LogP) is 0.242. The molecule has 0 aliphatic carbocycles. The summed E-state index contributed by atoms with van der Waals surface area (Å²) in [7, 11) is 0. The van der Waals surface area contributed by atoms with Crippen LogP contribution >= 0.6 is 11.3 Å². The van der Waals surface area contributed by atoms with Gasteiger partial charge >= 0.3 is 0 Å². The molecular weight excluding hydrogens is 160 g/mol. The number of nitrogens with zero attached hydrogens (tertiary/aromatic N) is 1. The van der Waals surface area contributed by atoms with Crippen molar-refractivity contribution >= 4 is 11.3 Å². The highest BCUT2D eigenvalue weighted by molar-refractivity contribution is 7.09. The summed E-state index contributed by atoms with van der Waals surface area (Å²) in [5, 5.41) is 12.9. The summed E-state index contributed by atoms with van der Waals surface area (Å²) >= 11 is 1.53. The van der Waals surface area contributed by atoms with E-state index >= 15 is 0 Å². The molecule has 0 unspecified atom stereocenters. The zero-order valence-corrected chi connectivity index (χ0v) is 7.11. The molecule has 0 radical (unpaired) electrons. The van der Waals surface area contributed by atoms with Crippen molar-refractivity contribution < 1.29 is 5.11 Å². The number of aliphatic hydroxyl groups is 1. The Morgan fingerprint density at radius 1 is 1.73 bits per heavy atom. The van der Waals surface area contributed by atoms with Crippen LogP contribution in [0, 0.1) is 6.92 Å². The Labute approximate surface area is 69.1 Å². The van der Waals surface area contributed by atoms with Crippen LogP contribution in [0.3, 0.4) is 0 Å². The van der Waals surface area contributed by atoms with Gasteiger partial charge in [0.05, 0.1) is 16.1 Å². The van der Waals surface area contributed by atoms with Crippen molar-refractivity contribution in [2.45, 2.75) is 12.5 Å². The zero-order chi connectivity index (χ0) is 7.90. The Balaban J connectivity index is 2.35. The van der Waals surface area contributed by atoms with Gasteiger partial charge in [0.1, 0.15) is 5.60 Å². The summed E-state index contributed by atoms with van der Waals surface area (Å²) in [6, 6.07) is 0. The standard InChI is InChI=1S/C7H10N2OS/c1-5-6(11-4-9-5)7(10)2-8-3-7/h4,8,10H,2-3H2,1H3. The van der Waals surface area contributed by atoms with Crippen LogP contribution in [0.15, 0.2) is 5.51 Å². The van der Waals surface area contributed by atoms with E-state index in [2.05, 4.69) is 10.3 Å². The molecule has 0 saturated carbocycles. The number of aromatic nitrogens is 1. The predicted molar refractivity (Wildman–Crippen MR) is 43.6 cm³/mol. The smallest absolute Gasteiger partial charge is 0.125 e. The minimum atomic E-state index is -0.620. The Morgan fingerprint density at radius 2 is 2.45 bits per heavy atom. The van der Waals surface area contributed by atoms with Crippen molar-refractivity contribution in [1.82, 2.24) is 10.3 Å². The third-order valence-corrected chi connectivity index (χ3v) is 3.12. The third-order valence-electron chi connectivity index (χ3n) is 2.00.